The summed E-state index contributed by atoms with van der Waals surface area (Å²) in [6, 6.07) is 10.2. The second kappa shape index (κ2) is 7.31. The fourth-order valence-electron chi connectivity index (χ4n) is 3.58. The van der Waals surface area contributed by atoms with Crippen LogP contribution in [0, 0.1) is 6.42 Å². The molecular formula is C20H28N4O+. The van der Waals surface area contributed by atoms with Gasteiger partial charge in [0.1, 0.15) is 11.5 Å². The fourth-order valence-corrected chi connectivity index (χ4v) is 3.58. The molecule has 133 valence electrons. The summed E-state index contributed by atoms with van der Waals surface area (Å²) in [6.45, 7) is 6.74. The molecule has 1 aliphatic rings. The molecule has 0 atom stereocenters. The normalized spacial score (nSPS) is 16.6. The Kier molecular flexibility index (Phi) is 5.13. The van der Waals surface area contributed by atoms with Crippen molar-refractivity contribution in [2.75, 3.05) is 31.2 Å². The van der Waals surface area contributed by atoms with Crippen molar-refractivity contribution < 1.29 is 4.74 Å². The van der Waals surface area contributed by atoms with Gasteiger partial charge in [-0.15, -0.1) is 0 Å². The van der Waals surface area contributed by atoms with Gasteiger partial charge in [0.05, 0.1) is 36.6 Å². The maximum atomic E-state index is 6.05. The molecule has 0 amide bonds. The van der Waals surface area contributed by atoms with Gasteiger partial charge < -0.3 is 15.8 Å². The lowest BCUT2D eigenvalue weighted by Gasteiger charge is -2.43. The molecule has 0 unspecified atom stereocenters. The Morgan fingerprint density at radius 2 is 1.84 bits per heavy atom. The molecule has 3 rings (SSSR count). The van der Waals surface area contributed by atoms with E-state index < -0.39 is 0 Å². The number of ether oxygens (including phenoxy) is 1. The van der Waals surface area contributed by atoms with Crippen LogP contribution in [0.3, 0.4) is 0 Å². The van der Waals surface area contributed by atoms with Crippen LogP contribution in [0.15, 0.2) is 36.5 Å². The maximum Gasteiger partial charge on any atom is 0.231 e. The summed E-state index contributed by atoms with van der Waals surface area (Å²) in [4.78, 5) is 4.69. The molecule has 0 spiro atoms. The van der Waals surface area contributed by atoms with Crippen molar-refractivity contribution in [2.45, 2.75) is 32.7 Å². The molecule has 0 aliphatic carbocycles. The first kappa shape index (κ1) is 17.5. The van der Waals surface area contributed by atoms with Crippen molar-refractivity contribution in [1.29, 1.82) is 0 Å². The number of piperidine rings is 1. The van der Waals surface area contributed by atoms with Gasteiger partial charge in [0, 0.05) is 32.2 Å². The van der Waals surface area contributed by atoms with Crippen molar-refractivity contribution in [1.82, 2.24) is 9.47 Å². The second-order valence-electron chi connectivity index (χ2n) is 6.89. The van der Waals surface area contributed by atoms with E-state index in [0.717, 1.165) is 53.4 Å². The maximum absolute atomic E-state index is 6.05. The van der Waals surface area contributed by atoms with Crippen molar-refractivity contribution in [3.63, 3.8) is 0 Å². The number of nitrogen functional groups attached to an aromatic ring is 1. The summed E-state index contributed by atoms with van der Waals surface area (Å²) < 4.78 is 6.96. The molecule has 2 aromatic rings. The van der Waals surface area contributed by atoms with Gasteiger partial charge >= 0.3 is 0 Å². The summed E-state index contributed by atoms with van der Waals surface area (Å²) in [6.07, 6.45) is 6.49. The minimum atomic E-state index is 0.488. The Morgan fingerprint density at radius 1 is 1.12 bits per heavy atom. The Morgan fingerprint density at radius 3 is 2.48 bits per heavy atom. The number of aromatic nitrogens is 1. The third-order valence-corrected chi connectivity index (χ3v) is 5.15. The monoisotopic (exact) mass is 340 g/mol. The molecule has 1 saturated heterocycles. The fraction of sp³-hybridized carbons (Fsp3) is 0.400. The average Bonchev–Trinajstić information content (AvgIpc) is 2.62. The topological polar surface area (TPSA) is 60.2 Å². The van der Waals surface area contributed by atoms with Crippen LogP contribution < -0.4 is 20.3 Å². The minimum absolute atomic E-state index is 0.488. The predicted molar refractivity (Wildman–Crippen MR) is 105 cm³/mol. The quantitative estimate of drug-likeness (QED) is 0.632. The van der Waals surface area contributed by atoms with Crippen molar-refractivity contribution in [3.8, 4) is 11.5 Å². The number of anilines is 2. The molecule has 3 N–H and O–H groups in total. The van der Waals surface area contributed by atoms with Gasteiger partial charge in [-0.2, -0.15) is 0 Å². The number of nitrogens with zero attached hydrogens (tertiary/aromatic N) is 2. The molecular weight excluding hydrogens is 312 g/mol. The summed E-state index contributed by atoms with van der Waals surface area (Å²) in [7, 11) is 1.85. The Bertz CT molecular complexity index is 723. The van der Waals surface area contributed by atoms with Crippen LogP contribution in [0.2, 0.25) is 0 Å². The lowest BCUT2D eigenvalue weighted by Crippen LogP contribution is -2.58. The van der Waals surface area contributed by atoms with E-state index in [1.165, 1.54) is 0 Å². The largest absolute Gasteiger partial charge is 0.457 e. The Balaban J connectivity index is 1.87. The van der Waals surface area contributed by atoms with Gasteiger partial charge in [-0.3, -0.25) is 4.48 Å². The third kappa shape index (κ3) is 3.56. The summed E-state index contributed by atoms with van der Waals surface area (Å²) in [5.41, 5.74) is 7.60. The van der Waals surface area contributed by atoms with Crippen LogP contribution in [0.4, 0.5) is 17.2 Å². The van der Waals surface area contributed by atoms with Gasteiger partial charge in [-0.1, -0.05) is 0 Å². The summed E-state index contributed by atoms with van der Waals surface area (Å²) in [5, 5.41) is 3.06. The number of benzene rings is 1. The standard InChI is InChI=1S/C20H28N4O/c1-15(2)24(11-5-4-6-12-24)20-14-17(9-10-23-20)25-16-7-8-19(22-3)18(21)13-16/h4,7-10,13-15,22H,5-6,11-12,21H2,1-3H3/q+1. The molecule has 1 aromatic carbocycles. The molecule has 0 bridgehead atoms. The zero-order chi connectivity index (χ0) is 17.9. The van der Waals surface area contributed by atoms with E-state index in [-0.39, 0.29) is 0 Å². The van der Waals surface area contributed by atoms with Crippen molar-refractivity contribution in [3.05, 3.63) is 42.9 Å². The van der Waals surface area contributed by atoms with Gasteiger partial charge in [0.2, 0.25) is 5.82 Å². The van der Waals surface area contributed by atoms with Crippen LogP contribution in [0.25, 0.3) is 0 Å². The van der Waals surface area contributed by atoms with Gasteiger partial charge in [0.25, 0.3) is 0 Å². The number of pyridine rings is 1. The van der Waals surface area contributed by atoms with E-state index in [1.54, 1.807) is 0 Å². The van der Waals surface area contributed by atoms with E-state index in [9.17, 15) is 0 Å². The zero-order valence-corrected chi connectivity index (χ0v) is 15.3. The van der Waals surface area contributed by atoms with E-state index in [4.69, 9.17) is 10.5 Å². The molecule has 1 radical (unpaired) electrons. The summed E-state index contributed by atoms with van der Waals surface area (Å²) >= 11 is 0. The number of quaternary nitrogens is 1. The zero-order valence-electron chi connectivity index (χ0n) is 15.3. The number of rotatable bonds is 5. The molecule has 2 heterocycles. The van der Waals surface area contributed by atoms with E-state index in [1.807, 2.05) is 37.5 Å². The number of likely N-dealkylation sites (tertiary alicyclic amines) is 1. The van der Waals surface area contributed by atoms with Crippen LogP contribution in [0.1, 0.15) is 26.7 Å². The highest BCUT2D eigenvalue weighted by Gasteiger charge is 2.37. The number of nitrogens with one attached hydrogen (secondary N) is 1. The molecule has 5 heteroatoms. The molecule has 0 saturated carbocycles. The Hall–Kier alpha value is -2.27. The summed E-state index contributed by atoms with van der Waals surface area (Å²) in [5.74, 6) is 2.62. The highest BCUT2D eigenvalue weighted by atomic mass is 16.5. The van der Waals surface area contributed by atoms with Gasteiger partial charge in [-0.25, -0.2) is 4.98 Å². The van der Waals surface area contributed by atoms with E-state index >= 15 is 0 Å². The van der Waals surface area contributed by atoms with Gasteiger partial charge in [0.15, 0.2) is 0 Å². The minimum Gasteiger partial charge on any atom is -0.457 e. The highest BCUT2D eigenvalue weighted by Crippen LogP contribution is 2.34. The van der Waals surface area contributed by atoms with E-state index in [2.05, 4.69) is 36.6 Å². The van der Waals surface area contributed by atoms with Gasteiger partial charge in [-0.05, 0) is 38.5 Å². The van der Waals surface area contributed by atoms with Crippen LogP contribution in [-0.4, -0.2) is 31.2 Å². The second-order valence-corrected chi connectivity index (χ2v) is 6.89. The molecule has 1 aromatic heterocycles. The van der Waals surface area contributed by atoms with Crippen molar-refractivity contribution >= 4 is 17.2 Å². The molecule has 1 aliphatic heterocycles. The molecule has 25 heavy (non-hydrogen) atoms. The van der Waals surface area contributed by atoms with Crippen LogP contribution >= 0.6 is 0 Å². The van der Waals surface area contributed by atoms with Crippen LogP contribution in [0.5, 0.6) is 11.5 Å². The van der Waals surface area contributed by atoms with Crippen LogP contribution in [-0.2, 0) is 0 Å². The Labute approximate surface area is 150 Å². The van der Waals surface area contributed by atoms with E-state index in [0.29, 0.717) is 11.7 Å². The first-order valence-corrected chi connectivity index (χ1v) is 8.95. The first-order chi connectivity index (χ1) is 12.0. The van der Waals surface area contributed by atoms with Crippen molar-refractivity contribution in [2.24, 2.45) is 0 Å². The first-order valence-electron chi connectivity index (χ1n) is 8.95. The lowest BCUT2D eigenvalue weighted by molar-refractivity contribution is 0.200. The SMILES string of the molecule is CNc1ccc(Oc2ccnc([N+]3(C(C)C)CC[CH]CC3)c2)cc1N. The highest BCUT2D eigenvalue weighted by molar-refractivity contribution is 5.68. The predicted octanol–water partition coefficient (Wildman–Crippen LogP) is 4.21. The number of hydrogen-bond acceptors (Lipinski definition) is 4. The smallest absolute Gasteiger partial charge is 0.231 e. The average molecular weight is 340 g/mol. The number of hydrogen-bond donors (Lipinski definition) is 2. The lowest BCUT2D eigenvalue weighted by atomic mass is 10.0. The third-order valence-electron chi connectivity index (χ3n) is 5.15. The molecule has 1 fully saturated rings. The molecule has 5 nitrogen and oxygen atoms in total. The number of nitrogens with two attached hydrogens (primary N) is 1.